The molecule has 1 aromatic heterocycles. The number of carbonyl (C=O) groups excluding carboxylic acids is 1. The van der Waals surface area contributed by atoms with Gasteiger partial charge in [0.1, 0.15) is 0 Å². The second kappa shape index (κ2) is 8.24. The van der Waals surface area contributed by atoms with Gasteiger partial charge in [-0.2, -0.15) is 18.3 Å². The molecule has 1 fully saturated rings. The summed E-state index contributed by atoms with van der Waals surface area (Å²) in [6, 6.07) is 9.19. The molecule has 0 N–H and O–H groups in total. The number of hydrogen-bond acceptors (Lipinski definition) is 3. The maximum Gasteiger partial charge on any atom is 0.393 e. The first-order chi connectivity index (χ1) is 13.3. The summed E-state index contributed by atoms with van der Waals surface area (Å²) in [5, 5.41) is 4.34. The predicted octanol–water partition coefficient (Wildman–Crippen LogP) is 4.32. The van der Waals surface area contributed by atoms with Gasteiger partial charge in [0.15, 0.2) is 11.4 Å². The molecule has 1 saturated heterocycles. The van der Waals surface area contributed by atoms with Crippen LogP contribution in [0, 0.1) is 11.8 Å². The predicted molar refractivity (Wildman–Crippen MR) is 98.6 cm³/mol. The Hall–Kier alpha value is -2.51. The molecule has 1 unspecified atom stereocenters. The molecular formula is C20H24F3N3O2. The molecule has 5 nitrogen and oxygen atoms in total. The van der Waals surface area contributed by atoms with Crippen LogP contribution < -0.4 is 4.74 Å². The zero-order chi connectivity index (χ0) is 20.3. The average molecular weight is 395 g/mol. The zero-order valence-corrected chi connectivity index (χ0v) is 15.9. The molecule has 1 amide bonds. The molecule has 0 spiro atoms. The molecule has 1 aromatic carbocycles. The fourth-order valence-corrected chi connectivity index (χ4v) is 3.16. The van der Waals surface area contributed by atoms with Crippen LogP contribution in [0.2, 0.25) is 0 Å². The van der Waals surface area contributed by atoms with Crippen molar-refractivity contribution >= 4 is 5.91 Å². The number of amides is 1. The van der Waals surface area contributed by atoms with Crippen molar-refractivity contribution in [3.8, 4) is 11.4 Å². The number of carbonyl (C=O) groups is 1. The lowest BCUT2D eigenvalue weighted by atomic mass is 9.97. The van der Waals surface area contributed by atoms with E-state index < -0.39 is 18.0 Å². The number of halogens is 3. The van der Waals surface area contributed by atoms with Crippen molar-refractivity contribution < 1.29 is 22.7 Å². The summed E-state index contributed by atoms with van der Waals surface area (Å²) in [6.45, 7) is 4.27. The first-order valence-corrected chi connectivity index (χ1v) is 9.39. The Morgan fingerprint density at radius 2 is 2.00 bits per heavy atom. The summed E-state index contributed by atoms with van der Waals surface area (Å²) >= 11 is 0. The molecule has 0 bridgehead atoms. The van der Waals surface area contributed by atoms with Gasteiger partial charge in [-0.25, -0.2) is 4.68 Å². The van der Waals surface area contributed by atoms with Gasteiger partial charge < -0.3 is 9.64 Å². The van der Waals surface area contributed by atoms with E-state index in [9.17, 15) is 18.0 Å². The maximum atomic E-state index is 13.1. The number of alkyl halides is 3. The van der Waals surface area contributed by atoms with Crippen molar-refractivity contribution in [2.75, 3.05) is 19.7 Å². The number of piperidine rings is 1. The zero-order valence-electron chi connectivity index (χ0n) is 15.9. The van der Waals surface area contributed by atoms with E-state index in [1.54, 1.807) is 6.20 Å². The van der Waals surface area contributed by atoms with Gasteiger partial charge in [0.05, 0.1) is 24.4 Å². The molecule has 28 heavy (non-hydrogen) atoms. The first kappa shape index (κ1) is 20.2. The van der Waals surface area contributed by atoms with E-state index in [-0.39, 0.29) is 36.9 Å². The van der Waals surface area contributed by atoms with E-state index in [4.69, 9.17) is 4.74 Å². The van der Waals surface area contributed by atoms with E-state index in [1.165, 1.54) is 9.58 Å². The third kappa shape index (κ3) is 4.66. The maximum absolute atomic E-state index is 13.1. The summed E-state index contributed by atoms with van der Waals surface area (Å²) in [5.41, 5.74) is 0.787. The van der Waals surface area contributed by atoms with Crippen LogP contribution in [-0.4, -0.2) is 46.5 Å². The first-order valence-electron chi connectivity index (χ1n) is 9.39. The Labute approximate surface area is 162 Å². The van der Waals surface area contributed by atoms with E-state index in [2.05, 4.69) is 5.10 Å². The molecule has 152 valence electrons. The third-order valence-corrected chi connectivity index (χ3v) is 4.65. The minimum Gasteiger partial charge on any atom is -0.489 e. The van der Waals surface area contributed by atoms with Crippen LogP contribution in [0.1, 0.15) is 37.2 Å². The smallest absolute Gasteiger partial charge is 0.393 e. The number of ether oxygens (including phenoxy) is 1. The Balaban J connectivity index is 1.88. The highest BCUT2D eigenvalue weighted by atomic mass is 19.4. The Morgan fingerprint density at radius 3 is 2.64 bits per heavy atom. The average Bonchev–Trinajstić information content (AvgIpc) is 3.10. The van der Waals surface area contributed by atoms with Crippen molar-refractivity contribution in [2.45, 2.75) is 32.9 Å². The van der Waals surface area contributed by atoms with Crippen molar-refractivity contribution in [2.24, 2.45) is 11.8 Å². The molecule has 1 atom stereocenters. The molecule has 0 radical (unpaired) electrons. The molecule has 8 heteroatoms. The van der Waals surface area contributed by atoms with Crippen LogP contribution >= 0.6 is 0 Å². The molecule has 1 aliphatic heterocycles. The SMILES string of the molecule is CC(C)COc1cn(-c2ccccc2)nc1C(=O)N1CCCC(C(F)(F)F)C1. The lowest BCUT2D eigenvalue weighted by molar-refractivity contribution is -0.184. The number of aromatic nitrogens is 2. The largest absolute Gasteiger partial charge is 0.489 e. The van der Waals surface area contributed by atoms with Gasteiger partial charge in [0.2, 0.25) is 0 Å². The summed E-state index contributed by atoms with van der Waals surface area (Å²) < 4.78 is 46.6. The quantitative estimate of drug-likeness (QED) is 0.758. The van der Waals surface area contributed by atoms with E-state index in [0.717, 1.165) is 5.69 Å². The highest BCUT2D eigenvalue weighted by Gasteiger charge is 2.43. The van der Waals surface area contributed by atoms with Gasteiger partial charge in [0, 0.05) is 13.1 Å². The lowest BCUT2D eigenvalue weighted by Gasteiger charge is -2.33. The third-order valence-electron chi connectivity index (χ3n) is 4.65. The monoisotopic (exact) mass is 395 g/mol. The number of rotatable bonds is 5. The van der Waals surface area contributed by atoms with Crippen LogP contribution in [-0.2, 0) is 0 Å². The van der Waals surface area contributed by atoms with Crippen LogP contribution in [0.25, 0.3) is 5.69 Å². The summed E-state index contributed by atoms with van der Waals surface area (Å²) in [5.74, 6) is -1.51. The van der Waals surface area contributed by atoms with Gasteiger partial charge in [-0.3, -0.25) is 4.79 Å². The topological polar surface area (TPSA) is 47.4 Å². The van der Waals surface area contributed by atoms with Gasteiger partial charge in [-0.05, 0) is 30.9 Å². The Morgan fingerprint density at radius 1 is 1.29 bits per heavy atom. The molecular weight excluding hydrogens is 371 g/mol. The fourth-order valence-electron chi connectivity index (χ4n) is 3.16. The van der Waals surface area contributed by atoms with Crippen molar-refractivity contribution in [1.82, 2.24) is 14.7 Å². The minimum atomic E-state index is -4.31. The summed E-state index contributed by atoms with van der Waals surface area (Å²) in [4.78, 5) is 14.2. The van der Waals surface area contributed by atoms with Gasteiger partial charge in [-0.15, -0.1) is 0 Å². The second-order valence-electron chi connectivity index (χ2n) is 7.46. The molecule has 3 rings (SSSR count). The number of hydrogen-bond donors (Lipinski definition) is 0. The van der Waals surface area contributed by atoms with Gasteiger partial charge in [0.25, 0.3) is 5.91 Å². The van der Waals surface area contributed by atoms with Gasteiger partial charge >= 0.3 is 6.18 Å². The highest BCUT2D eigenvalue weighted by Crippen LogP contribution is 2.34. The van der Waals surface area contributed by atoms with E-state index in [0.29, 0.717) is 13.0 Å². The van der Waals surface area contributed by atoms with Crippen LogP contribution in [0.3, 0.4) is 0 Å². The number of likely N-dealkylation sites (tertiary alicyclic amines) is 1. The molecule has 1 aliphatic rings. The number of para-hydroxylation sites is 1. The van der Waals surface area contributed by atoms with E-state index in [1.807, 2.05) is 44.2 Å². The summed E-state index contributed by atoms with van der Waals surface area (Å²) in [7, 11) is 0. The standard InChI is InChI=1S/C20H24F3N3O2/c1-14(2)13-28-17-12-26(16-8-4-3-5-9-16)24-18(17)19(27)25-10-6-7-15(11-25)20(21,22)23/h3-5,8-9,12,14-15H,6-7,10-11,13H2,1-2H3. The molecule has 0 aliphatic carbocycles. The highest BCUT2D eigenvalue weighted by molar-refractivity contribution is 5.95. The Bertz CT molecular complexity index is 803. The Kier molecular flexibility index (Phi) is 5.96. The molecule has 2 aromatic rings. The fraction of sp³-hybridized carbons (Fsp3) is 0.500. The number of nitrogens with zero attached hydrogens (tertiary/aromatic N) is 3. The van der Waals surface area contributed by atoms with Crippen LogP contribution in [0.4, 0.5) is 13.2 Å². The second-order valence-corrected chi connectivity index (χ2v) is 7.46. The van der Waals surface area contributed by atoms with Gasteiger partial charge in [-0.1, -0.05) is 32.0 Å². The minimum absolute atomic E-state index is 0.0441. The van der Waals surface area contributed by atoms with Crippen LogP contribution in [0.5, 0.6) is 5.75 Å². The van der Waals surface area contributed by atoms with Crippen molar-refractivity contribution in [3.63, 3.8) is 0 Å². The number of benzene rings is 1. The normalized spacial score (nSPS) is 17.8. The molecule has 0 saturated carbocycles. The van der Waals surface area contributed by atoms with E-state index >= 15 is 0 Å². The van der Waals surface area contributed by atoms with Crippen molar-refractivity contribution in [1.29, 1.82) is 0 Å². The summed E-state index contributed by atoms with van der Waals surface area (Å²) in [6.07, 6.45) is -2.34. The van der Waals surface area contributed by atoms with Crippen molar-refractivity contribution in [3.05, 3.63) is 42.2 Å². The lowest BCUT2D eigenvalue weighted by Crippen LogP contribution is -2.44. The van der Waals surface area contributed by atoms with Crippen LogP contribution in [0.15, 0.2) is 36.5 Å². The molecule has 2 heterocycles.